The fourth-order valence-corrected chi connectivity index (χ4v) is 4.87. The first kappa shape index (κ1) is 18.5. The van der Waals surface area contributed by atoms with Crippen molar-refractivity contribution in [2.75, 3.05) is 0 Å². The van der Waals surface area contributed by atoms with E-state index >= 15 is 0 Å². The highest BCUT2D eigenvalue weighted by Gasteiger charge is 2.36. The summed E-state index contributed by atoms with van der Waals surface area (Å²) < 4.78 is 2.93. The number of allylic oxidation sites excluding steroid dienone is 1. The molecule has 3 aromatic heterocycles. The highest BCUT2D eigenvalue weighted by atomic mass is 32.1. The predicted molar refractivity (Wildman–Crippen MR) is 123 cm³/mol. The van der Waals surface area contributed by atoms with Gasteiger partial charge in [0.15, 0.2) is 5.65 Å². The summed E-state index contributed by atoms with van der Waals surface area (Å²) in [7, 11) is 0. The van der Waals surface area contributed by atoms with Crippen molar-refractivity contribution in [2.45, 2.75) is 0 Å². The van der Waals surface area contributed by atoms with Crippen LogP contribution in [0.5, 0.6) is 0 Å². The molecule has 7 heteroatoms. The zero-order valence-corrected chi connectivity index (χ0v) is 17.4. The molecule has 5 aromatic rings. The van der Waals surface area contributed by atoms with Crippen LogP contribution in [0.3, 0.4) is 0 Å². The van der Waals surface area contributed by atoms with Gasteiger partial charge in [0, 0.05) is 23.6 Å². The molecular formula is C25H14N4O2S. The van der Waals surface area contributed by atoms with Crippen LogP contribution in [0.1, 0.15) is 26.7 Å². The highest BCUT2D eigenvalue weighted by molar-refractivity contribution is 7.21. The van der Waals surface area contributed by atoms with Crippen molar-refractivity contribution in [3.8, 4) is 16.3 Å². The molecule has 0 bridgehead atoms. The molecule has 0 fully saturated rings. The second-order valence-electron chi connectivity index (χ2n) is 7.28. The fraction of sp³-hybridized carbons (Fsp3) is 0. The van der Waals surface area contributed by atoms with E-state index in [1.165, 1.54) is 12.4 Å². The number of para-hydroxylation sites is 1. The van der Waals surface area contributed by atoms with Crippen molar-refractivity contribution < 1.29 is 9.59 Å². The molecule has 0 radical (unpaired) electrons. The number of benzene rings is 2. The minimum absolute atomic E-state index is 0.0665. The van der Waals surface area contributed by atoms with Gasteiger partial charge in [-0.25, -0.2) is 15.0 Å². The quantitative estimate of drug-likeness (QED) is 0.295. The average molecular weight is 434 g/mol. The lowest BCUT2D eigenvalue weighted by molar-refractivity contribution is 0.0988. The molecule has 0 saturated heterocycles. The van der Waals surface area contributed by atoms with E-state index in [2.05, 4.69) is 9.97 Å². The van der Waals surface area contributed by atoms with Gasteiger partial charge in [0.05, 0.1) is 16.0 Å². The van der Waals surface area contributed by atoms with Crippen LogP contribution in [0.15, 0.2) is 84.7 Å². The molecule has 0 aliphatic heterocycles. The topological polar surface area (TPSA) is 77.7 Å². The predicted octanol–water partition coefficient (Wildman–Crippen LogP) is 5.01. The average Bonchev–Trinajstić information content (AvgIpc) is 3.47. The van der Waals surface area contributed by atoms with Crippen LogP contribution in [0.25, 0.3) is 32.7 Å². The molecule has 3 heterocycles. The molecule has 1 aliphatic rings. The summed E-state index contributed by atoms with van der Waals surface area (Å²) in [6.07, 6.45) is 4.47. The monoisotopic (exact) mass is 434 g/mol. The Labute approximate surface area is 186 Å². The lowest BCUT2D eigenvalue weighted by Crippen LogP contribution is -2.03. The van der Waals surface area contributed by atoms with Gasteiger partial charge < -0.3 is 0 Å². The normalized spacial score (nSPS) is 13.1. The number of nitrogens with zero attached hydrogens (tertiary/aromatic N) is 4. The number of hydrogen-bond donors (Lipinski definition) is 0. The number of aromatic nitrogens is 4. The van der Waals surface area contributed by atoms with Gasteiger partial charge in [-0.05, 0) is 24.3 Å². The number of Topliss-reactive ketones (excluding diaryl/α,β-unsaturated/α-hetero) is 2. The maximum atomic E-state index is 12.8. The molecule has 0 saturated carbocycles. The second kappa shape index (κ2) is 7.18. The van der Waals surface area contributed by atoms with Crippen molar-refractivity contribution >= 4 is 39.3 Å². The molecule has 6 rings (SSSR count). The lowest BCUT2D eigenvalue weighted by atomic mass is 10.1. The number of carbonyl (C=O) groups excluding carboxylic acids is 2. The van der Waals surface area contributed by atoms with Gasteiger partial charge in [0.2, 0.25) is 11.6 Å². The van der Waals surface area contributed by atoms with Crippen molar-refractivity contribution in [2.24, 2.45) is 0 Å². The molecule has 1 aliphatic carbocycles. The van der Waals surface area contributed by atoms with E-state index < -0.39 is 11.6 Å². The lowest BCUT2D eigenvalue weighted by Gasteiger charge is -2.07. The fourth-order valence-electron chi connectivity index (χ4n) is 3.87. The summed E-state index contributed by atoms with van der Waals surface area (Å²) in [5.41, 5.74) is 3.69. The number of hydrogen-bond acceptors (Lipinski definition) is 6. The molecule has 0 N–H and O–H groups in total. The van der Waals surface area contributed by atoms with Crippen LogP contribution in [-0.4, -0.2) is 31.1 Å². The Bertz CT molecular complexity index is 1510. The van der Waals surface area contributed by atoms with Crippen LogP contribution in [0, 0.1) is 0 Å². The van der Waals surface area contributed by atoms with E-state index in [4.69, 9.17) is 4.98 Å². The summed E-state index contributed by atoms with van der Waals surface area (Å²) in [5.74, 6) is -0.805. The molecule has 152 valence electrons. The van der Waals surface area contributed by atoms with Gasteiger partial charge in [-0.15, -0.1) is 11.3 Å². The third-order valence-corrected chi connectivity index (χ3v) is 6.37. The largest absolute Gasteiger partial charge is 0.294 e. The van der Waals surface area contributed by atoms with Crippen LogP contribution in [-0.2, 0) is 0 Å². The Hall–Kier alpha value is -4.23. The maximum absolute atomic E-state index is 12.8. The minimum atomic E-state index is -0.403. The summed E-state index contributed by atoms with van der Waals surface area (Å²) >= 11 is 1.57. The first-order valence-corrected chi connectivity index (χ1v) is 10.8. The standard InChI is InChI=1S/C25H14N4O2S/c30-22-18(23(31)21-20(22)26-11-12-27-21)13-17-14-19-24(29(17)16-9-5-2-6-10-16)28-25(32-19)15-7-3-1-4-8-15/h1-14H. The number of carbonyl (C=O) groups is 2. The Morgan fingerprint density at radius 1 is 0.812 bits per heavy atom. The van der Waals surface area contributed by atoms with Gasteiger partial charge in [-0.2, -0.15) is 0 Å². The Morgan fingerprint density at radius 2 is 1.44 bits per heavy atom. The molecule has 0 amide bonds. The van der Waals surface area contributed by atoms with Crippen molar-refractivity contribution in [1.29, 1.82) is 0 Å². The third kappa shape index (κ3) is 2.83. The van der Waals surface area contributed by atoms with Gasteiger partial charge in [0.1, 0.15) is 16.4 Å². The molecule has 32 heavy (non-hydrogen) atoms. The maximum Gasteiger partial charge on any atom is 0.217 e. The zero-order valence-electron chi connectivity index (χ0n) is 16.6. The number of rotatable bonds is 3. The van der Waals surface area contributed by atoms with Crippen LogP contribution in [0.4, 0.5) is 0 Å². The summed E-state index contributed by atoms with van der Waals surface area (Å²) in [6.45, 7) is 0. The SMILES string of the molecule is O=C1C(=Cc2cc3sc(-c4ccccc4)nc3n2-c2ccccc2)C(=O)c2nccnc21. The van der Waals surface area contributed by atoms with E-state index in [1.54, 1.807) is 17.4 Å². The van der Waals surface area contributed by atoms with Gasteiger partial charge >= 0.3 is 0 Å². The minimum Gasteiger partial charge on any atom is -0.294 e. The van der Waals surface area contributed by atoms with Crippen molar-refractivity contribution in [1.82, 2.24) is 19.5 Å². The van der Waals surface area contributed by atoms with E-state index in [1.807, 2.05) is 71.3 Å². The number of thiazole rings is 1. The van der Waals surface area contributed by atoms with E-state index in [-0.39, 0.29) is 17.0 Å². The van der Waals surface area contributed by atoms with Gasteiger partial charge in [-0.1, -0.05) is 48.5 Å². The molecule has 0 spiro atoms. The van der Waals surface area contributed by atoms with E-state index in [0.717, 1.165) is 26.6 Å². The zero-order chi connectivity index (χ0) is 21.7. The first-order chi connectivity index (χ1) is 15.7. The van der Waals surface area contributed by atoms with Gasteiger partial charge in [-0.3, -0.25) is 14.2 Å². The second-order valence-corrected chi connectivity index (χ2v) is 8.31. The molecule has 0 atom stereocenters. The number of fused-ring (bicyclic) bond motifs is 2. The van der Waals surface area contributed by atoms with E-state index in [9.17, 15) is 9.59 Å². The van der Waals surface area contributed by atoms with Crippen molar-refractivity contribution in [3.05, 3.63) is 102 Å². The Kier molecular flexibility index (Phi) is 4.16. The molecule has 0 unspecified atom stereocenters. The number of ketones is 2. The van der Waals surface area contributed by atoms with Crippen LogP contribution < -0.4 is 0 Å². The summed E-state index contributed by atoms with van der Waals surface area (Å²) in [5, 5.41) is 0.910. The third-order valence-electron chi connectivity index (χ3n) is 5.33. The Morgan fingerprint density at radius 3 is 2.09 bits per heavy atom. The van der Waals surface area contributed by atoms with Crippen LogP contribution in [0.2, 0.25) is 0 Å². The summed E-state index contributed by atoms with van der Waals surface area (Å²) in [4.78, 5) is 38.7. The Balaban J connectivity index is 1.55. The molecular weight excluding hydrogens is 420 g/mol. The first-order valence-electron chi connectivity index (χ1n) is 9.96. The molecule has 2 aromatic carbocycles. The van der Waals surface area contributed by atoms with Crippen molar-refractivity contribution in [3.63, 3.8) is 0 Å². The van der Waals surface area contributed by atoms with E-state index in [0.29, 0.717) is 5.69 Å². The highest BCUT2D eigenvalue weighted by Crippen LogP contribution is 2.35. The van der Waals surface area contributed by atoms with Gasteiger partial charge in [0.25, 0.3) is 0 Å². The summed E-state index contributed by atoms with van der Waals surface area (Å²) in [6, 6.07) is 21.7. The van der Waals surface area contributed by atoms with Crippen LogP contribution >= 0.6 is 11.3 Å². The molecule has 6 nitrogen and oxygen atoms in total. The smallest absolute Gasteiger partial charge is 0.217 e.